The number of methoxy groups -OCH3 is 1. The highest BCUT2D eigenvalue weighted by Crippen LogP contribution is 2.24. The third-order valence-electron chi connectivity index (χ3n) is 6.20. The number of nitrogens with two attached hydrogens (primary N) is 1. The first-order valence-electron chi connectivity index (χ1n) is 13.2. The van der Waals surface area contributed by atoms with Crippen molar-refractivity contribution in [2.24, 2.45) is 0 Å². The summed E-state index contributed by atoms with van der Waals surface area (Å²) in [6, 6.07) is 15.3. The number of anilines is 1. The summed E-state index contributed by atoms with van der Waals surface area (Å²) in [4.78, 5) is 30.4. The summed E-state index contributed by atoms with van der Waals surface area (Å²) in [5.41, 5.74) is 11.2. The van der Waals surface area contributed by atoms with Crippen LogP contribution in [0.2, 0.25) is 4.34 Å². The maximum absolute atomic E-state index is 11.4. The second-order valence-electron chi connectivity index (χ2n) is 9.56. The molecule has 0 aliphatic heterocycles. The van der Waals surface area contributed by atoms with Crippen molar-refractivity contribution in [2.75, 3.05) is 12.8 Å². The molecular formula is C30H32ClN7O3S2. The monoisotopic (exact) mass is 637 g/mol. The molecule has 6 aromatic rings. The van der Waals surface area contributed by atoms with Gasteiger partial charge < -0.3 is 20.4 Å². The average Bonchev–Trinajstić information content (AvgIpc) is 3.80. The molecule has 0 radical (unpaired) electrons. The zero-order chi connectivity index (χ0) is 30.9. The summed E-state index contributed by atoms with van der Waals surface area (Å²) >= 11 is 9.19. The van der Waals surface area contributed by atoms with Crippen LogP contribution in [0.1, 0.15) is 26.6 Å². The second kappa shape index (κ2) is 14.7. The van der Waals surface area contributed by atoms with Crippen LogP contribution in [0, 0.1) is 20.8 Å². The van der Waals surface area contributed by atoms with Crippen molar-refractivity contribution in [3.05, 3.63) is 113 Å². The minimum Gasteiger partial charge on any atom is -0.487 e. The number of aromatic nitrogens is 6. The number of hydrogen-bond acceptors (Lipinski definition) is 8. The normalized spacial score (nSPS) is 10.4. The number of thiophene rings is 2. The van der Waals surface area contributed by atoms with E-state index in [9.17, 15) is 9.59 Å². The molecule has 13 heteroatoms. The Morgan fingerprint density at radius 3 is 2.07 bits per heavy atom. The number of H-pyrrole nitrogens is 4. The van der Waals surface area contributed by atoms with E-state index in [-0.39, 0.29) is 11.1 Å². The van der Waals surface area contributed by atoms with Gasteiger partial charge in [0.1, 0.15) is 5.82 Å². The molecule has 0 amide bonds. The van der Waals surface area contributed by atoms with Crippen LogP contribution in [0.25, 0.3) is 22.5 Å². The lowest BCUT2D eigenvalue weighted by atomic mass is 10.1. The Morgan fingerprint density at radius 1 is 0.837 bits per heavy atom. The third kappa shape index (κ3) is 9.05. The van der Waals surface area contributed by atoms with E-state index < -0.39 is 0 Å². The minimum atomic E-state index is -0.0822. The van der Waals surface area contributed by atoms with E-state index in [4.69, 9.17) is 22.1 Å². The Balaban J connectivity index is 0.000000165. The van der Waals surface area contributed by atoms with Crippen LogP contribution in [0.15, 0.2) is 70.5 Å². The molecule has 0 unspecified atom stereocenters. The number of pyridine rings is 2. The molecule has 0 saturated heterocycles. The zero-order valence-corrected chi connectivity index (χ0v) is 26.5. The Hall–Kier alpha value is -4.39. The van der Waals surface area contributed by atoms with E-state index in [1.54, 1.807) is 68.2 Å². The highest BCUT2D eigenvalue weighted by molar-refractivity contribution is 7.16. The smallest absolute Gasteiger partial charge is 0.250 e. The molecule has 6 rings (SSSR count). The molecule has 6 heterocycles. The molecule has 0 fully saturated rings. The van der Waals surface area contributed by atoms with Gasteiger partial charge in [0.15, 0.2) is 5.06 Å². The van der Waals surface area contributed by atoms with Crippen LogP contribution in [-0.4, -0.2) is 37.5 Å². The summed E-state index contributed by atoms with van der Waals surface area (Å²) in [7, 11) is 1.69. The SMILES string of the molecule is COc1ccc(C)s1.Cc1cc(-c2cc(CCc3ccc(Cl)s3)[nH]n2)c[nH]c1=O.Cc1cc(-c2cc(N)n[nH]2)c[nH]c1=O. The fourth-order valence-corrected chi connectivity index (χ4v) is 5.65. The molecule has 10 nitrogen and oxygen atoms in total. The average molecular weight is 638 g/mol. The standard InChI is InChI=1S/C15H14ClN3OS.C9H10N4O.C6H8OS/c1-9-6-10(8-17-15(9)20)13-7-11(18-19-13)2-3-12-4-5-14(16)21-12;1-5-2-6(4-11-9(5)14)7-3-8(10)13-12-7;1-5-3-4-6(7-2)8-5/h4-8H,2-3H2,1H3,(H,17,20)(H,18,19);2-4H,1H3,(H,11,14)(H3,10,12,13);3-4H,1-2H3. The van der Waals surface area contributed by atoms with E-state index in [1.165, 1.54) is 9.75 Å². The number of aryl methyl sites for hydroxylation is 5. The van der Waals surface area contributed by atoms with Crippen LogP contribution in [0.5, 0.6) is 5.06 Å². The first-order chi connectivity index (χ1) is 20.6. The van der Waals surface area contributed by atoms with E-state index in [1.807, 2.05) is 30.3 Å². The quantitative estimate of drug-likeness (QED) is 0.144. The topological polar surface area (TPSA) is 158 Å². The predicted molar refractivity (Wildman–Crippen MR) is 176 cm³/mol. The molecule has 6 aromatic heterocycles. The number of halogens is 1. The second-order valence-corrected chi connectivity index (χ2v) is 12.6. The lowest BCUT2D eigenvalue weighted by molar-refractivity contribution is 0.427. The van der Waals surface area contributed by atoms with Gasteiger partial charge in [-0.1, -0.05) is 11.6 Å². The maximum atomic E-state index is 11.4. The molecule has 0 atom stereocenters. The van der Waals surface area contributed by atoms with Crippen molar-refractivity contribution < 1.29 is 4.74 Å². The first-order valence-corrected chi connectivity index (χ1v) is 15.2. The van der Waals surface area contributed by atoms with E-state index in [0.717, 1.165) is 50.4 Å². The summed E-state index contributed by atoms with van der Waals surface area (Å²) in [5.74, 6) is 0.434. The Morgan fingerprint density at radius 2 is 1.53 bits per heavy atom. The van der Waals surface area contributed by atoms with Gasteiger partial charge in [-0.2, -0.15) is 10.2 Å². The number of nitrogens with zero attached hydrogens (tertiary/aromatic N) is 2. The van der Waals surface area contributed by atoms with Gasteiger partial charge in [-0.05, 0) is 76.1 Å². The van der Waals surface area contributed by atoms with Crippen molar-refractivity contribution in [1.82, 2.24) is 30.4 Å². The minimum absolute atomic E-state index is 0.0657. The number of aromatic amines is 4. The molecule has 224 valence electrons. The molecule has 0 bridgehead atoms. The van der Waals surface area contributed by atoms with Crippen LogP contribution in [-0.2, 0) is 12.8 Å². The van der Waals surface area contributed by atoms with E-state index in [2.05, 4.69) is 43.4 Å². The molecule has 0 saturated carbocycles. The summed E-state index contributed by atoms with van der Waals surface area (Å²) in [5, 5.41) is 14.9. The highest BCUT2D eigenvalue weighted by atomic mass is 35.5. The van der Waals surface area contributed by atoms with Gasteiger partial charge in [-0.15, -0.1) is 22.7 Å². The van der Waals surface area contributed by atoms with Crippen molar-refractivity contribution in [3.8, 4) is 27.6 Å². The van der Waals surface area contributed by atoms with Crippen LogP contribution in [0.4, 0.5) is 5.82 Å². The molecular weight excluding hydrogens is 606 g/mol. The van der Waals surface area contributed by atoms with Gasteiger partial charge in [0.05, 0.1) is 22.8 Å². The first kappa shape index (κ1) is 31.5. The van der Waals surface area contributed by atoms with Gasteiger partial charge >= 0.3 is 0 Å². The Kier molecular flexibility index (Phi) is 10.8. The van der Waals surface area contributed by atoms with Crippen LogP contribution < -0.4 is 21.6 Å². The van der Waals surface area contributed by atoms with Gasteiger partial charge in [0, 0.05) is 56.2 Å². The largest absolute Gasteiger partial charge is 0.487 e. The fraction of sp³-hybridized carbons (Fsp3) is 0.200. The Labute approximate surface area is 261 Å². The van der Waals surface area contributed by atoms with Gasteiger partial charge in [-0.25, -0.2) is 0 Å². The summed E-state index contributed by atoms with van der Waals surface area (Å²) in [6.45, 7) is 5.60. The van der Waals surface area contributed by atoms with Gasteiger partial charge in [-0.3, -0.25) is 19.8 Å². The van der Waals surface area contributed by atoms with Crippen LogP contribution in [0.3, 0.4) is 0 Å². The van der Waals surface area contributed by atoms with Gasteiger partial charge in [0.25, 0.3) is 11.1 Å². The number of ether oxygens (including phenoxy) is 1. The molecule has 0 aliphatic carbocycles. The third-order valence-corrected chi connectivity index (χ3v) is 8.45. The number of nitrogens with one attached hydrogen (secondary N) is 4. The predicted octanol–water partition coefficient (Wildman–Crippen LogP) is 6.29. The molecule has 43 heavy (non-hydrogen) atoms. The zero-order valence-electron chi connectivity index (χ0n) is 24.1. The van der Waals surface area contributed by atoms with E-state index >= 15 is 0 Å². The van der Waals surface area contributed by atoms with Crippen molar-refractivity contribution in [2.45, 2.75) is 33.6 Å². The number of nitrogen functional groups attached to an aromatic ring is 1. The molecule has 0 aromatic carbocycles. The molecule has 6 N–H and O–H groups in total. The number of hydrogen-bond donors (Lipinski definition) is 5. The van der Waals surface area contributed by atoms with E-state index in [0.29, 0.717) is 16.9 Å². The molecule has 0 spiro atoms. The lowest BCUT2D eigenvalue weighted by Crippen LogP contribution is -2.07. The summed E-state index contributed by atoms with van der Waals surface area (Å²) in [6.07, 6.45) is 5.13. The maximum Gasteiger partial charge on any atom is 0.250 e. The Bertz CT molecular complexity index is 1900. The van der Waals surface area contributed by atoms with Gasteiger partial charge in [0.2, 0.25) is 0 Å². The van der Waals surface area contributed by atoms with Crippen molar-refractivity contribution in [3.63, 3.8) is 0 Å². The highest BCUT2D eigenvalue weighted by Gasteiger charge is 2.07. The number of rotatable bonds is 6. The lowest BCUT2D eigenvalue weighted by Gasteiger charge is -1.97. The molecule has 0 aliphatic rings. The summed E-state index contributed by atoms with van der Waals surface area (Å²) < 4.78 is 5.77. The van der Waals surface area contributed by atoms with Crippen molar-refractivity contribution in [1.29, 1.82) is 0 Å². The van der Waals surface area contributed by atoms with Crippen LogP contribution >= 0.6 is 34.3 Å². The fourth-order valence-electron chi connectivity index (χ4n) is 3.89. The van der Waals surface area contributed by atoms with Crippen molar-refractivity contribution >= 4 is 40.1 Å².